The first-order valence-electron chi connectivity index (χ1n) is 8.49. The van der Waals surface area contributed by atoms with E-state index in [9.17, 15) is 9.59 Å². The van der Waals surface area contributed by atoms with E-state index in [1.165, 1.54) is 0 Å². The molecule has 0 saturated carbocycles. The second kappa shape index (κ2) is 8.29. The molecule has 0 bridgehead atoms. The Balaban J connectivity index is 1.87. The van der Waals surface area contributed by atoms with Crippen molar-refractivity contribution in [2.45, 2.75) is 45.4 Å². The Hall–Kier alpha value is -2.15. The molecule has 1 aliphatic rings. The van der Waals surface area contributed by atoms with Crippen LogP contribution in [0, 0.1) is 5.92 Å². The van der Waals surface area contributed by atoms with Crippen LogP contribution in [-0.4, -0.2) is 53.8 Å². The summed E-state index contributed by atoms with van der Waals surface area (Å²) in [5, 5.41) is 2.69. The van der Waals surface area contributed by atoms with Crippen LogP contribution in [0.3, 0.4) is 0 Å². The molecule has 0 aliphatic carbocycles. The lowest BCUT2D eigenvalue weighted by atomic mass is 9.99. The summed E-state index contributed by atoms with van der Waals surface area (Å²) in [7, 11) is 1.76. The van der Waals surface area contributed by atoms with Crippen molar-refractivity contribution in [2.75, 3.05) is 20.2 Å². The fraction of sp³-hybridized carbons (Fsp3) is 0.611. The molecule has 2 atom stereocenters. The zero-order valence-corrected chi connectivity index (χ0v) is 15.3. The molecule has 7 heteroatoms. The van der Waals surface area contributed by atoms with E-state index in [0.29, 0.717) is 19.6 Å². The van der Waals surface area contributed by atoms with Crippen molar-refractivity contribution in [2.24, 2.45) is 5.92 Å². The summed E-state index contributed by atoms with van der Waals surface area (Å²) in [4.78, 5) is 30.4. The van der Waals surface area contributed by atoms with Gasteiger partial charge in [-0.3, -0.25) is 9.78 Å². The van der Waals surface area contributed by atoms with Gasteiger partial charge in [-0.05, 0) is 39.3 Å². The lowest BCUT2D eigenvalue weighted by Gasteiger charge is -2.25. The SMILES string of the molecule is CN(Cc1ccccn1)C(=O)[C@@H]1CCO[C@@H]1CNC(=O)OC(C)(C)C. The number of pyridine rings is 1. The van der Waals surface area contributed by atoms with Gasteiger partial charge in [0.15, 0.2) is 0 Å². The minimum Gasteiger partial charge on any atom is -0.444 e. The van der Waals surface area contributed by atoms with E-state index in [2.05, 4.69) is 10.3 Å². The second-order valence-corrected chi connectivity index (χ2v) is 7.20. The number of amides is 2. The van der Waals surface area contributed by atoms with Crippen LogP contribution in [0.2, 0.25) is 0 Å². The van der Waals surface area contributed by atoms with Gasteiger partial charge >= 0.3 is 6.09 Å². The molecule has 0 spiro atoms. The van der Waals surface area contributed by atoms with Crippen LogP contribution in [0.15, 0.2) is 24.4 Å². The number of nitrogens with zero attached hydrogens (tertiary/aromatic N) is 2. The number of alkyl carbamates (subject to hydrolysis) is 1. The van der Waals surface area contributed by atoms with E-state index < -0.39 is 11.7 Å². The summed E-state index contributed by atoms with van der Waals surface area (Å²) in [5.41, 5.74) is 0.277. The standard InChI is InChI=1S/C18H27N3O4/c1-18(2,3)25-17(23)20-11-15-14(8-10-24-15)16(22)21(4)12-13-7-5-6-9-19-13/h5-7,9,14-15H,8,10-12H2,1-4H3,(H,20,23)/t14-,15-/m1/s1. The minimum atomic E-state index is -0.557. The predicted octanol–water partition coefficient (Wildman–Crippen LogP) is 1.97. The first kappa shape index (κ1) is 19.2. The molecule has 0 aromatic carbocycles. The summed E-state index contributed by atoms with van der Waals surface area (Å²) in [6.07, 6.45) is 1.51. The van der Waals surface area contributed by atoms with Gasteiger partial charge in [-0.2, -0.15) is 0 Å². The maximum atomic E-state index is 12.7. The van der Waals surface area contributed by atoms with Crippen molar-refractivity contribution in [1.82, 2.24) is 15.2 Å². The molecular formula is C18H27N3O4. The summed E-state index contributed by atoms with van der Waals surface area (Å²) >= 11 is 0. The summed E-state index contributed by atoms with van der Waals surface area (Å²) in [5.74, 6) is -0.275. The van der Waals surface area contributed by atoms with Gasteiger partial charge in [0.05, 0.1) is 24.3 Å². The number of carbonyl (C=O) groups is 2. The van der Waals surface area contributed by atoms with Crippen LogP contribution in [0.1, 0.15) is 32.9 Å². The Labute approximate surface area is 148 Å². The molecule has 1 fully saturated rings. The highest BCUT2D eigenvalue weighted by molar-refractivity contribution is 5.79. The quantitative estimate of drug-likeness (QED) is 0.879. The molecule has 2 heterocycles. The average molecular weight is 349 g/mol. The molecule has 1 aliphatic heterocycles. The summed E-state index contributed by atoms with van der Waals surface area (Å²) in [6.45, 7) is 6.62. The number of carbonyl (C=O) groups excluding carboxylic acids is 2. The van der Waals surface area contributed by atoms with Gasteiger partial charge < -0.3 is 19.7 Å². The van der Waals surface area contributed by atoms with E-state index in [1.54, 1.807) is 38.9 Å². The summed E-state index contributed by atoms with van der Waals surface area (Å²) < 4.78 is 10.8. The van der Waals surface area contributed by atoms with Crippen molar-refractivity contribution in [3.05, 3.63) is 30.1 Å². The number of aromatic nitrogens is 1. The number of hydrogen-bond donors (Lipinski definition) is 1. The van der Waals surface area contributed by atoms with Gasteiger partial charge in [-0.25, -0.2) is 4.79 Å². The topological polar surface area (TPSA) is 80.8 Å². The van der Waals surface area contributed by atoms with Crippen LogP contribution < -0.4 is 5.32 Å². The Morgan fingerprint density at radius 2 is 2.16 bits per heavy atom. The first-order valence-corrected chi connectivity index (χ1v) is 8.49. The Morgan fingerprint density at radius 1 is 1.40 bits per heavy atom. The Bertz CT molecular complexity index is 586. The lowest BCUT2D eigenvalue weighted by Crippen LogP contribution is -2.43. The number of ether oxygens (including phenoxy) is 2. The van der Waals surface area contributed by atoms with E-state index in [1.807, 2.05) is 18.2 Å². The second-order valence-electron chi connectivity index (χ2n) is 7.20. The first-order chi connectivity index (χ1) is 11.8. The fourth-order valence-corrected chi connectivity index (χ4v) is 2.73. The molecule has 138 valence electrons. The monoisotopic (exact) mass is 349 g/mol. The van der Waals surface area contributed by atoms with Gasteiger partial charge in [0.1, 0.15) is 5.60 Å². The normalized spacial score (nSPS) is 20.2. The molecule has 2 amide bonds. The zero-order chi connectivity index (χ0) is 18.4. The molecule has 1 saturated heterocycles. The average Bonchev–Trinajstić information content (AvgIpc) is 3.00. The van der Waals surface area contributed by atoms with E-state index >= 15 is 0 Å². The van der Waals surface area contributed by atoms with E-state index in [4.69, 9.17) is 9.47 Å². The van der Waals surface area contributed by atoms with Gasteiger partial charge in [-0.15, -0.1) is 0 Å². The zero-order valence-electron chi connectivity index (χ0n) is 15.3. The summed E-state index contributed by atoms with van der Waals surface area (Å²) in [6, 6.07) is 5.62. The molecular weight excluding hydrogens is 322 g/mol. The van der Waals surface area contributed by atoms with Crippen molar-refractivity contribution in [1.29, 1.82) is 0 Å². The minimum absolute atomic E-state index is 0.000795. The highest BCUT2D eigenvalue weighted by Crippen LogP contribution is 2.23. The van der Waals surface area contributed by atoms with Crippen molar-refractivity contribution in [3.63, 3.8) is 0 Å². The third-order valence-corrected chi connectivity index (χ3v) is 3.87. The highest BCUT2D eigenvalue weighted by atomic mass is 16.6. The van der Waals surface area contributed by atoms with Crippen LogP contribution in [0.5, 0.6) is 0 Å². The number of rotatable bonds is 5. The fourth-order valence-electron chi connectivity index (χ4n) is 2.73. The number of hydrogen-bond acceptors (Lipinski definition) is 5. The van der Waals surface area contributed by atoms with Gasteiger partial charge in [0.25, 0.3) is 0 Å². The maximum Gasteiger partial charge on any atom is 0.407 e. The van der Waals surface area contributed by atoms with E-state index in [-0.39, 0.29) is 24.5 Å². The lowest BCUT2D eigenvalue weighted by molar-refractivity contribution is -0.136. The number of nitrogens with one attached hydrogen (secondary N) is 1. The Kier molecular flexibility index (Phi) is 6.36. The molecule has 1 aromatic heterocycles. The van der Waals surface area contributed by atoms with Crippen LogP contribution in [-0.2, 0) is 20.8 Å². The highest BCUT2D eigenvalue weighted by Gasteiger charge is 2.36. The maximum absolute atomic E-state index is 12.7. The molecule has 2 rings (SSSR count). The Morgan fingerprint density at radius 3 is 2.80 bits per heavy atom. The molecule has 0 radical (unpaired) electrons. The van der Waals surface area contributed by atoms with E-state index in [0.717, 1.165) is 5.69 Å². The molecule has 1 N–H and O–H groups in total. The third-order valence-electron chi connectivity index (χ3n) is 3.87. The predicted molar refractivity (Wildman–Crippen MR) is 92.8 cm³/mol. The molecule has 25 heavy (non-hydrogen) atoms. The van der Waals surface area contributed by atoms with Gasteiger partial charge in [0, 0.05) is 26.4 Å². The van der Waals surface area contributed by atoms with Crippen molar-refractivity contribution < 1.29 is 19.1 Å². The van der Waals surface area contributed by atoms with Crippen molar-refractivity contribution in [3.8, 4) is 0 Å². The van der Waals surface area contributed by atoms with Crippen molar-refractivity contribution >= 4 is 12.0 Å². The molecule has 1 aromatic rings. The molecule has 7 nitrogen and oxygen atoms in total. The molecule has 0 unspecified atom stereocenters. The van der Waals surface area contributed by atoms with Gasteiger partial charge in [0.2, 0.25) is 5.91 Å². The largest absolute Gasteiger partial charge is 0.444 e. The van der Waals surface area contributed by atoms with Crippen LogP contribution in [0.4, 0.5) is 4.79 Å². The van der Waals surface area contributed by atoms with Gasteiger partial charge in [-0.1, -0.05) is 6.07 Å². The third kappa shape index (κ3) is 6.01. The van der Waals surface area contributed by atoms with Crippen LogP contribution >= 0.6 is 0 Å². The smallest absolute Gasteiger partial charge is 0.407 e. The van der Waals surface area contributed by atoms with Crippen LogP contribution in [0.25, 0.3) is 0 Å².